The van der Waals surface area contributed by atoms with E-state index in [1.54, 1.807) is 0 Å². The van der Waals surface area contributed by atoms with Crippen molar-refractivity contribution < 1.29 is 4.79 Å². The molecule has 0 aromatic carbocycles. The number of carbonyl (C=O) groups excluding carboxylic acids is 1. The SMILES string of the molecule is O=C=Nc1nnnc(Cl)c1Cl. The zero-order valence-corrected chi connectivity index (χ0v) is 6.46. The molecular weight excluding hydrogens is 191 g/mol. The van der Waals surface area contributed by atoms with Crippen LogP contribution in [-0.4, -0.2) is 21.5 Å². The topological polar surface area (TPSA) is 68.1 Å². The Morgan fingerprint density at radius 3 is 2.73 bits per heavy atom. The molecule has 1 aromatic heterocycles. The molecule has 7 heteroatoms. The molecule has 0 aliphatic rings. The second-order valence-corrected chi connectivity index (χ2v) is 2.16. The third kappa shape index (κ3) is 1.71. The molecule has 0 amide bonds. The van der Waals surface area contributed by atoms with Crippen LogP contribution in [0.3, 0.4) is 0 Å². The summed E-state index contributed by atoms with van der Waals surface area (Å²) in [6, 6.07) is 0. The van der Waals surface area contributed by atoms with Gasteiger partial charge in [0.2, 0.25) is 11.9 Å². The lowest BCUT2D eigenvalue weighted by atomic mass is 10.6. The summed E-state index contributed by atoms with van der Waals surface area (Å²) in [6.45, 7) is 0. The van der Waals surface area contributed by atoms with Gasteiger partial charge in [-0.3, -0.25) is 0 Å². The minimum absolute atomic E-state index is 0.00924. The molecule has 11 heavy (non-hydrogen) atoms. The van der Waals surface area contributed by atoms with Crippen LogP contribution >= 0.6 is 23.2 Å². The molecule has 0 spiro atoms. The molecule has 0 saturated heterocycles. The van der Waals surface area contributed by atoms with Crippen LogP contribution in [0, 0.1) is 0 Å². The number of aromatic nitrogens is 3. The summed E-state index contributed by atoms with van der Waals surface area (Å²) < 4.78 is 0. The predicted molar refractivity (Wildman–Crippen MR) is 37.6 cm³/mol. The fourth-order valence-electron chi connectivity index (χ4n) is 0.399. The summed E-state index contributed by atoms with van der Waals surface area (Å²) in [7, 11) is 0. The normalized spacial score (nSPS) is 8.91. The molecule has 0 saturated carbocycles. The smallest absolute Gasteiger partial charge is 0.211 e. The van der Waals surface area contributed by atoms with Crippen molar-refractivity contribution >= 4 is 35.1 Å². The molecule has 0 aliphatic carbocycles. The second-order valence-electron chi connectivity index (χ2n) is 1.42. The van der Waals surface area contributed by atoms with Gasteiger partial charge in [-0.25, -0.2) is 4.79 Å². The molecule has 0 bridgehead atoms. The fourth-order valence-corrected chi connectivity index (χ4v) is 0.635. The summed E-state index contributed by atoms with van der Waals surface area (Å²) in [4.78, 5) is 12.9. The average molecular weight is 191 g/mol. The maximum Gasteiger partial charge on any atom is 0.242 e. The van der Waals surface area contributed by atoms with Gasteiger partial charge >= 0.3 is 0 Å². The minimum atomic E-state index is -0.0818. The first-order valence-electron chi connectivity index (χ1n) is 2.38. The molecule has 0 atom stereocenters. The summed E-state index contributed by atoms with van der Waals surface area (Å²) in [5.41, 5.74) is 0. The molecule has 0 unspecified atom stereocenters. The van der Waals surface area contributed by atoms with E-state index in [0.717, 1.165) is 0 Å². The van der Waals surface area contributed by atoms with Gasteiger partial charge in [0.1, 0.15) is 5.02 Å². The van der Waals surface area contributed by atoms with E-state index in [2.05, 4.69) is 20.4 Å². The van der Waals surface area contributed by atoms with E-state index in [1.165, 1.54) is 6.08 Å². The Hall–Kier alpha value is -1.03. The number of hydrogen-bond donors (Lipinski definition) is 0. The molecule has 5 nitrogen and oxygen atoms in total. The van der Waals surface area contributed by atoms with Crippen LogP contribution in [0.25, 0.3) is 0 Å². The lowest BCUT2D eigenvalue weighted by Crippen LogP contribution is -1.87. The van der Waals surface area contributed by atoms with E-state index in [1.807, 2.05) is 0 Å². The molecule has 0 N–H and O–H groups in total. The first-order valence-corrected chi connectivity index (χ1v) is 3.13. The highest BCUT2D eigenvalue weighted by Gasteiger charge is 2.06. The van der Waals surface area contributed by atoms with E-state index in [0.29, 0.717) is 0 Å². The Labute approximate surface area is 71.1 Å². The van der Waals surface area contributed by atoms with Gasteiger partial charge in [0, 0.05) is 0 Å². The van der Waals surface area contributed by atoms with E-state index >= 15 is 0 Å². The van der Waals surface area contributed by atoms with Crippen LogP contribution in [0.5, 0.6) is 0 Å². The number of aliphatic imine (C=N–C) groups is 1. The maximum atomic E-state index is 9.76. The van der Waals surface area contributed by atoms with Gasteiger partial charge in [0.05, 0.1) is 0 Å². The van der Waals surface area contributed by atoms with Crippen molar-refractivity contribution in [3.63, 3.8) is 0 Å². The highest BCUT2D eigenvalue weighted by Crippen LogP contribution is 2.25. The minimum Gasteiger partial charge on any atom is -0.211 e. The Morgan fingerprint density at radius 1 is 1.36 bits per heavy atom. The van der Waals surface area contributed by atoms with Gasteiger partial charge in [-0.05, 0) is 5.21 Å². The summed E-state index contributed by atoms with van der Waals surface area (Å²) >= 11 is 10.9. The van der Waals surface area contributed by atoms with E-state index in [9.17, 15) is 4.79 Å². The van der Waals surface area contributed by atoms with Crippen LogP contribution in [0.15, 0.2) is 4.99 Å². The van der Waals surface area contributed by atoms with Crippen molar-refractivity contribution in [2.45, 2.75) is 0 Å². The highest BCUT2D eigenvalue weighted by atomic mass is 35.5. The van der Waals surface area contributed by atoms with Gasteiger partial charge in [0.15, 0.2) is 5.15 Å². The zero-order valence-electron chi connectivity index (χ0n) is 4.95. The van der Waals surface area contributed by atoms with E-state index < -0.39 is 0 Å². The zero-order chi connectivity index (χ0) is 8.27. The molecule has 1 heterocycles. The quantitative estimate of drug-likeness (QED) is 0.493. The van der Waals surface area contributed by atoms with Gasteiger partial charge in [-0.2, -0.15) is 0 Å². The van der Waals surface area contributed by atoms with Gasteiger partial charge in [-0.15, -0.1) is 15.2 Å². The molecular formula is C4Cl2N4O. The Morgan fingerprint density at radius 2 is 2.09 bits per heavy atom. The van der Waals surface area contributed by atoms with Gasteiger partial charge in [-0.1, -0.05) is 23.2 Å². The molecule has 56 valence electrons. The molecule has 1 rings (SSSR count). The number of rotatable bonds is 1. The van der Waals surface area contributed by atoms with Crippen LogP contribution in [0.1, 0.15) is 0 Å². The predicted octanol–water partition coefficient (Wildman–Crippen LogP) is 1.15. The first-order chi connectivity index (χ1) is 5.25. The average Bonchev–Trinajstić information content (AvgIpc) is 1.99. The standard InChI is InChI=1S/C4Cl2N4O/c5-2-3(6)8-10-9-4(2)7-1-11. The summed E-state index contributed by atoms with van der Waals surface area (Å²) in [5.74, 6) is -0.0818. The Bertz CT molecular complexity index is 322. The number of halogens is 2. The van der Waals surface area contributed by atoms with E-state index in [-0.39, 0.29) is 16.0 Å². The van der Waals surface area contributed by atoms with Crippen LogP contribution in [-0.2, 0) is 4.79 Å². The number of isocyanates is 1. The largest absolute Gasteiger partial charge is 0.242 e. The maximum absolute atomic E-state index is 9.76. The van der Waals surface area contributed by atoms with Crippen LogP contribution < -0.4 is 0 Å². The summed E-state index contributed by atoms with van der Waals surface area (Å²) in [5, 5.41) is 9.75. The Balaban J connectivity index is 3.26. The number of nitrogens with zero attached hydrogens (tertiary/aromatic N) is 4. The second kappa shape index (κ2) is 3.39. The van der Waals surface area contributed by atoms with Gasteiger partial charge < -0.3 is 0 Å². The fraction of sp³-hybridized carbons (Fsp3) is 0. The lowest BCUT2D eigenvalue weighted by molar-refractivity contribution is 0.565. The molecule has 0 radical (unpaired) electrons. The first kappa shape index (κ1) is 8.07. The van der Waals surface area contributed by atoms with Crippen molar-refractivity contribution in [1.29, 1.82) is 0 Å². The number of hydrogen-bond acceptors (Lipinski definition) is 5. The summed E-state index contributed by atoms with van der Waals surface area (Å²) in [6.07, 6.45) is 1.25. The van der Waals surface area contributed by atoms with Crippen molar-refractivity contribution in [3.05, 3.63) is 10.2 Å². The highest BCUT2D eigenvalue weighted by molar-refractivity contribution is 6.42. The third-order valence-electron chi connectivity index (χ3n) is 0.801. The van der Waals surface area contributed by atoms with Crippen LogP contribution in [0.4, 0.5) is 5.82 Å². The van der Waals surface area contributed by atoms with Crippen molar-refractivity contribution in [2.75, 3.05) is 0 Å². The molecule has 0 fully saturated rings. The molecule has 1 aromatic rings. The van der Waals surface area contributed by atoms with Crippen molar-refractivity contribution in [2.24, 2.45) is 4.99 Å². The van der Waals surface area contributed by atoms with Crippen molar-refractivity contribution in [3.8, 4) is 0 Å². The van der Waals surface area contributed by atoms with E-state index in [4.69, 9.17) is 23.2 Å². The monoisotopic (exact) mass is 190 g/mol. The third-order valence-corrected chi connectivity index (χ3v) is 1.51. The Kier molecular flexibility index (Phi) is 2.48. The van der Waals surface area contributed by atoms with Crippen LogP contribution in [0.2, 0.25) is 10.2 Å². The van der Waals surface area contributed by atoms with Gasteiger partial charge in [0.25, 0.3) is 0 Å². The molecule has 0 aliphatic heterocycles. The van der Waals surface area contributed by atoms with Crippen molar-refractivity contribution in [1.82, 2.24) is 15.4 Å². The lowest BCUT2D eigenvalue weighted by Gasteiger charge is -1.91.